The lowest BCUT2D eigenvalue weighted by Gasteiger charge is -2.30. The number of rotatable bonds is 3. The smallest absolute Gasteiger partial charge is 0.339 e. The second-order valence-corrected chi connectivity index (χ2v) is 5.98. The second kappa shape index (κ2) is 8.74. The highest BCUT2D eigenvalue weighted by Gasteiger charge is 2.33. The van der Waals surface area contributed by atoms with E-state index in [2.05, 4.69) is 0 Å². The van der Waals surface area contributed by atoms with Crippen LogP contribution in [0.5, 0.6) is 0 Å². The molecule has 1 amide bonds. The maximum atomic E-state index is 12.8. The molecule has 1 aliphatic heterocycles. The van der Waals surface area contributed by atoms with Gasteiger partial charge in [0.05, 0.1) is 10.6 Å². The fraction of sp³-hybridized carbons (Fsp3) is 0.438. The molecule has 2 rings (SSSR count). The van der Waals surface area contributed by atoms with E-state index in [0.29, 0.717) is 25.6 Å². The van der Waals surface area contributed by atoms with Gasteiger partial charge in [-0.2, -0.15) is 13.2 Å². The number of carbonyl (C=O) groups is 1. The highest BCUT2D eigenvalue weighted by atomic mass is 35.5. The van der Waals surface area contributed by atoms with Crippen LogP contribution in [0.1, 0.15) is 24.0 Å². The molecular formula is C16H19Cl2F3N2O. The SMILES string of the molecule is Cl.NCC1CCN(C(=O)/C=C/c2ccc(Cl)c(C(F)(F)F)c2)CC1. The number of benzene rings is 1. The van der Waals surface area contributed by atoms with Crippen LogP contribution in [0.2, 0.25) is 5.02 Å². The summed E-state index contributed by atoms with van der Waals surface area (Å²) in [5, 5.41) is -0.357. The standard InChI is InChI=1S/C16H18ClF3N2O.ClH/c17-14-3-1-11(9-13(14)16(18,19)20)2-4-15(23)22-7-5-12(10-21)6-8-22;/h1-4,9,12H,5-8,10,21H2;1H/b4-2+;. The van der Waals surface area contributed by atoms with Gasteiger partial charge in [0.15, 0.2) is 0 Å². The van der Waals surface area contributed by atoms with E-state index in [1.54, 1.807) is 4.90 Å². The predicted octanol–water partition coefficient (Wildman–Crippen LogP) is 3.99. The number of likely N-dealkylation sites (tertiary alicyclic amines) is 1. The number of nitrogens with zero attached hydrogens (tertiary/aromatic N) is 1. The van der Waals surface area contributed by atoms with E-state index in [4.69, 9.17) is 17.3 Å². The number of piperidine rings is 1. The van der Waals surface area contributed by atoms with E-state index in [1.807, 2.05) is 0 Å². The summed E-state index contributed by atoms with van der Waals surface area (Å²) >= 11 is 5.56. The first-order valence-corrected chi connectivity index (χ1v) is 7.73. The molecule has 0 aromatic heterocycles. The highest BCUT2D eigenvalue weighted by molar-refractivity contribution is 6.31. The molecule has 8 heteroatoms. The van der Waals surface area contributed by atoms with Gasteiger partial charge in [0, 0.05) is 19.2 Å². The van der Waals surface area contributed by atoms with Crippen LogP contribution in [0.25, 0.3) is 6.08 Å². The lowest BCUT2D eigenvalue weighted by atomic mass is 9.97. The van der Waals surface area contributed by atoms with E-state index in [9.17, 15) is 18.0 Å². The summed E-state index contributed by atoms with van der Waals surface area (Å²) in [7, 11) is 0. The van der Waals surface area contributed by atoms with Crippen molar-refractivity contribution >= 4 is 36.0 Å². The van der Waals surface area contributed by atoms with Crippen molar-refractivity contribution in [3.05, 3.63) is 40.4 Å². The molecule has 1 fully saturated rings. The minimum absolute atomic E-state index is 0. The van der Waals surface area contributed by atoms with Crippen LogP contribution in [-0.2, 0) is 11.0 Å². The van der Waals surface area contributed by atoms with Crippen molar-refractivity contribution in [2.24, 2.45) is 11.7 Å². The van der Waals surface area contributed by atoms with Crippen molar-refractivity contribution in [3.63, 3.8) is 0 Å². The van der Waals surface area contributed by atoms with Gasteiger partial charge in [-0.25, -0.2) is 0 Å². The molecule has 2 N–H and O–H groups in total. The Morgan fingerprint density at radius 3 is 2.50 bits per heavy atom. The van der Waals surface area contributed by atoms with E-state index in [-0.39, 0.29) is 28.9 Å². The van der Waals surface area contributed by atoms with Gasteiger partial charge < -0.3 is 10.6 Å². The average Bonchev–Trinajstić information content (AvgIpc) is 2.52. The van der Waals surface area contributed by atoms with Crippen LogP contribution in [-0.4, -0.2) is 30.4 Å². The predicted molar refractivity (Wildman–Crippen MR) is 91.1 cm³/mol. The molecule has 0 atom stereocenters. The Hall–Kier alpha value is -1.24. The summed E-state index contributed by atoms with van der Waals surface area (Å²) in [5.41, 5.74) is 4.98. The number of alkyl halides is 3. The molecule has 0 aliphatic carbocycles. The van der Waals surface area contributed by atoms with Gasteiger partial charge >= 0.3 is 6.18 Å². The molecule has 0 radical (unpaired) electrons. The highest BCUT2D eigenvalue weighted by Crippen LogP contribution is 2.35. The third-order valence-electron chi connectivity index (χ3n) is 3.97. The molecule has 1 aromatic carbocycles. The summed E-state index contributed by atoms with van der Waals surface area (Å²) in [6.45, 7) is 1.86. The first-order valence-electron chi connectivity index (χ1n) is 7.35. The van der Waals surface area contributed by atoms with Gasteiger partial charge in [0.25, 0.3) is 0 Å². The van der Waals surface area contributed by atoms with Gasteiger partial charge in [-0.1, -0.05) is 17.7 Å². The fourth-order valence-electron chi connectivity index (χ4n) is 2.53. The normalized spacial score (nSPS) is 16.3. The zero-order valence-corrected chi connectivity index (χ0v) is 14.4. The first kappa shape index (κ1) is 20.8. The quantitative estimate of drug-likeness (QED) is 0.803. The maximum Gasteiger partial charge on any atom is 0.417 e. The summed E-state index contributed by atoms with van der Waals surface area (Å²) < 4.78 is 38.4. The van der Waals surface area contributed by atoms with Crippen LogP contribution in [0.15, 0.2) is 24.3 Å². The minimum atomic E-state index is -4.52. The zero-order chi connectivity index (χ0) is 17.0. The summed E-state index contributed by atoms with van der Waals surface area (Å²) in [6.07, 6.45) is -0.130. The number of hydrogen-bond donors (Lipinski definition) is 1. The van der Waals surface area contributed by atoms with E-state index >= 15 is 0 Å². The Morgan fingerprint density at radius 2 is 1.96 bits per heavy atom. The Balaban J connectivity index is 0.00000288. The second-order valence-electron chi connectivity index (χ2n) is 5.57. The molecule has 0 bridgehead atoms. The van der Waals surface area contributed by atoms with Crippen molar-refractivity contribution < 1.29 is 18.0 Å². The summed E-state index contributed by atoms with van der Waals surface area (Å²) in [5.74, 6) is 0.234. The third kappa shape index (κ3) is 5.40. The molecule has 0 saturated carbocycles. The first-order chi connectivity index (χ1) is 10.8. The largest absolute Gasteiger partial charge is 0.417 e. The number of hydrogen-bond acceptors (Lipinski definition) is 2. The van der Waals surface area contributed by atoms with Crippen molar-refractivity contribution in [1.82, 2.24) is 4.90 Å². The molecule has 1 saturated heterocycles. The molecule has 0 unspecified atom stereocenters. The fourth-order valence-corrected chi connectivity index (χ4v) is 2.75. The zero-order valence-electron chi connectivity index (χ0n) is 12.9. The average molecular weight is 383 g/mol. The van der Waals surface area contributed by atoms with Crippen LogP contribution < -0.4 is 5.73 Å². The third-order valence-corrected chi connectivity index (χ3v) is 4.30. The summed E-state index contributed by atoms with van der Waals surface area (Å²) in [4.78, 5) is 13.8. The Bertz CT molecular complexity index is 597. The van der Waals surface area contributed by atoms with E-state index in [1.165, 1.54) is 24.3 Å². The topological polar surface area (TPSA) is 46.3 Å². The minimum Gasteiger partial charge on any atom is -0.339 e. The van der Waals surface area contributed by atoms with Crippen LogP contribution in [0.3, 0.4) is 0 Å². The Morgan fingerprint density at radius 1 is 1.33 bits per heavy atom. The molecule has 24 heavy (non-hydrogen) atoms. The number of halogens is 5. The number of nitrogens with two attached hydrogens (primary N) is 1. The lowest BCUT2D eigenvalue weighted by molar-refractivity contribution is -0.137. The monoisotopic (exact) mass is 382 g/mol. The van der Waals surface area contributed by atoms with E-state index in [0.717, 1.165) is 18.9 Å². The van der Waals surface area contributed by atoms with Gasteiger partial charge in [0.2, 0.25) is 5.91 Å². The van der Waals surface area contributed by atoms with Crippen molar-refractivity contribution in [1.29, 1.82) is 0 Å². The molecule has 1 aliphatic rings. The molecule has 0 spiro atoms. The van der Waals surface area contributed by atoms with Gasteiger partial charge in [-0.05, 0) is 49.1 Å². The van der Waals surface area contributed by atoms with Gasteiger partial charge in [-0.3, -0.25) is 4.79 Å². The lowest BCUT2D eigenvalue weighted by Crippen LogP contribution is -2.39. The number of carbonyl (C=O) groups excluding carboxylic acids is 1. The van der Waals surface area contributed by atoms with Gasteiger partial charge in [0.1, 0.15) is 0 Å². The molecule has 134 valence electrons. The van der Waals surface area contributed by atoms with Crippen molar-refractivity contribution in [3.8, 4) is 0 Å². The van der Waals surface area contributed by atoms with Crippen LogP contribution >= 0.6 is 24.0 Å². The van der Waals surface area contributed by atoms with Crippen LogP contribution in [0, 0.1) is 5.92 Å². The Kier molecular flexibility index (Phi) is 7.57. The van der Waals surface area contributed by atoms with Gasteiger partial charge in [-0.15, -0.1) is 12.4 Å². The van der Waals surface area contributed by atoms with Crippen LogP contribution in [0.4, 0.5) is 13.2 Å². The molecular weight excluding hydrogens is 364 g/mol. The Labute approximate surface area is 150 Å². The maximum absolute atomic E-state index is 12.8. The molecule has 1 heterocycles. The molecule has 1 aromatic rings. The van der Waals surface area contributed by atoms with Crippen molar-refractivity contribution in [2.45, 2.75) is 19.0 Å². The molecule has 3 nitrogen and oxygen atoms in total. The van der Waals surface area contributed by atoms with E-state index < -0.39 is 11.7 Å². The number of amides is 1. The van der Waals surface area contributed by atoms with Crippen molar-refractivity contribution in [2.75, 3.05) is 19.6 Å². The summed E-state index contributed by atoms with van der Waals surface area (Å²) in [6, 6.07) is 3.57.